The van der Waals surface area contributed by atoms with Crippen molar-refractivity contribution in [1.29, 1.82) is 0 Å². The Morgan fingerprint density at radius 2 is 2.30 bits per heavy atom. The largest absolute Gasteiger partial charge is 0.481 e. The fourth-order valence-corrected chi connectivity index (χ4v) is 0.445. The van der Waals surface area contributed by atoms with Crippen LogP contribution >= 0.6 is 0 Å². The van der Waals surface area contributed by atoms with E-state index in [1.807, 2.05) is 0 Å². The molecule has 0 bridgehead atoms. The van der Waals surface area contributed by atoms with E-state index < -0.39 is 19.0 Å². The minimum Gasteiger partial charge on any atom is -0.481 e. The lowest BCUT2D eigenvalue weighted by molar-refractivity contribution is -0.138. The summed E-state index contributed by atoms with van der Waals surface area (Å²) in [6, 6.07) is 0. The number of aliphatic carboxylic acids is 1. The molecule has 10 heavy (non-hydrogen) atoms. The molecule has 5 heteroatoms. The standard InChI is InChI=1S/C5H11NO4/c6-4(10-3-7)1-2-5(8)9/h4,7H,1-3,6H2,(H,8,9)/t4-/m1/s1. The molecule has 0 aliphatic rings. The number of rotatable bonds is 5. The van der Waals surface area contributed by atoms with Crippen LogP contribution in [0.5, 0.6) is 0 Å². The van der Waals surface area contributed by atoms with Crippen molar-refractivity contribution in [1.82, 2.24) is 0 Å². The van der Waals surface area contributed by atoms with Gasteiger partial charge in [-0.3, -0.25) is 4.79 Å². The Labute approximate surface area is 58.4 Å². The molecule has 0 saturated carbocycles. The van der Waals surface area contributed by atoms with Gasteiger partial charge in [0.15, 0.2) is 0 Å². The number of carboxylic acid groups (broad SMARTS) is 1. The third-order valence-corrected chi connectivity index (χ3v) is 0.931. The van der Waals surface area contributed by atoms with E-state index >= 15 is 0 Å². The second-order valence-electron chi connectivity index (χ2n) is 1.77. The normalized spacial score (nSPS) is 13.0. The highest BCUT2D eigenvalue weighted by molar-refractivity contribution is 5.66. The van der Waals surface area contributed by atoms with E-state index in [-0.39, 0.29) is 12.8 Å². The Bertz CT molecular complexity index is 106. The quantitative estimate of drug-likeness (QED) is 0.440. The molecular weight excluding hydrogens is 138 g/mol. The van der Waals surface area contributed by atoms with Gasteiger partial charge in [0.25, 0.3) is 0 Å². The van der Waals surface area contributed by atoms with Crippen LogP contribution in [0.25, 0.3) is 0 Å². The highest BCUT2D eigenvalue weighted by atomic mass is 16.6. The van der Waals surface area contributed by atoms with Crippen LogP contribution < -0.4 is 5.73 Å². The average Bonchev–Trinajstić information content (AvgIpc) is 1.85. The van der Waals surface area contributed by atoms with Gasteiger partial charge in [-0.1, -0.05) is 0 Å². The van der Waals surface area contributed by atoms with E-state index in [1.54, 1.807) is 0 Å². The maximum atomic E-state index is 9.93. The Kier molecular flexibility index (Phi) is 4.82. The van der Waals surface area contributed by atoms with Crippen LogP contribution in [0.4, 0.5) is 0 Å². The van der Waals surface area contributed by atoms with Crippen LogP contribution in [-0.4, -0.2) is 29.2 Å². The van der Waals surface area contributed by atoms with Gasteiger partial charge >= 0.3 is 5.97 Å². The first-order chi connectivity index (χ1) is 4.66. The second-order valence-corrected chi connectivity index (χ2v) is 1.77. The number of aliphatic hydroxyl groups is 1. The zero-order valence-corrected chi connectivity index (χ0v) is 5.49. The molecule has 0 aromatic heterocycles. The zero-order chi connectivity index (χ0) is 7.98. The number of ether oxygens (including phenoxy) is 1. The lowest BCUT2D eigenvalue weighted by Gasteiger charge is -2.07. The van der Waals surface area contributed by atoms with E-state index in [4.69, 9.17) is 15.9 Å². The molecule has 0 amide bonds. The summed E-state index contributed by atoms with van der Waals surface area (Å²) in [6.45, 7) is -0.471. The highest BCUT2D eigenvalue weighted by Gasteiger charge is 2.04. The molecule has 0 fully saturated rings. The minimum atomic E-state index is -0.919. The Morgan fingerprint density at radius 1 is 1.70 bits per heavy atom. The van der Waals surface area contributed by atoms with Crippen molar-refractivity contribution in [3.8, 4) is 0 Å². The summed E-state index contributed by atoms with van der Waals surface area (Å²) in [5, 5.41) is 16.3. The van der Waals surface area contributed by atoms with Crippen LogP contribution in [0.15, 0.2) is 0 Å². The van der Waals surface area contributed by atoms with Gasteiger partial charge in [-0.25, -0.2) is 0 Å². The lowest BCUT2D eigenvalue weighted by atomic mass is 10.3. The van der Waals surface area contributed by atoms with Crippen molar-refractivity contribution in [2.45, 2.75) is 19.1 Å². The molecule has 60 valence electrons. The van der Waals surface area contributed by atoms with E-state index in [2.05, 4.69) is 4.74 Å². The number of hydrogen-bond donors (Lipinski definition) is 3. The monoisotopic (exact) mass is 149 g/mol. The molecule has 0 aromatic rings. The molecule has 0 radical (unpaired) electrons. The molecule has 4 N–H and O–H groups in total. The number of hydrogen-bond acceptors (Lipinski definition) is 4. The van der Waals surface area contributed by atoms with Gasteiger partial charge in [0, 0.05) is 6.42 Å². The Hall–Kier alpha value is -0.650. The highest BCUT2D eigenvalue weighted by Crippen LogP contribution is 1.94. The van der Waals surface area contributed by atoms with E-state index in [9.17, 15) is 4.79 Å². The summed E-state index contributed by atoms with van der Waals surface area (Å²) in [7, 11) is 0. The van der Waals surface area contributed by atoms with Gasteiger partial charge in [0.05, 0.1) is 0 Å². The molecule has 0 heterocycles. The van der Waals surface area contributed by atoms with Gasteiger partial charge in [-0.2, -0.15) is 0 Å². The summed E-state index contributed by atoms with van der Waals surface area (Å²) in [4.78, 5) is 9.93. The zero-order valence-electron chi connectivity index (χ0n) is 5.49. The van der Waals surface area contributed by atoms with Crippen molar-refractivity contribution in [3.63, 3.8) is 0 Å². The van der Waals surface area contributed by atoms with E-state index in [1.165, 1.54) is 0 Å². The summed E-state index contributed by atoms with van der Waals surface area (Å²) in [6.07, 6.45) is -0.502. The molecule has 0 aromatic carbocycles. The summed E-state index contributed by atoms with van der Waals surface area (Å²) >= 11 is 0. The fourth-order valence-electron chi connectivity index (χ4n) is 0.445. The van der Waals surface area contributed by atoms with Gasteiger partial charge in [-0.05, 0) is 6.42 Å². The first-order valence-corrected chi connectivity index (χ1v) is 2.86. The van der Waals surface area contributed by atoms with Crippen molar-refractivity contribution in [2.24, 2.45) is 5.73 Å². The predicted octanol–water partition coefficient (Wildman–Crippen LogP) is -0.898. The maximum absolute atomic E-state index is 9.93. The number of carboxylic acids is 1. The Morgan fingerprint density at radius 3 is 2.70 bits per heavy atom. The first-order valence-electron chi connectivity index (χ1n) is 2.86. The number of carbonyl (C=O) groups is 1. The predicted molar refractivity (Wildman–Crippen MR) is 33.0 cm³/mol. The third-order valence-electron chi connectivity index (χ3n) is 0.931. The molecule has 0 aliphatic carbocycles. The molecule has 0 aliphatic heterocycles. The van der Waals surface area contributed by atoms with Crippen LogP contribution in [-0.2, 0) is 9.53 Å². The van der Waals surface area contributed by atoms with E-state index in [0.717, 1.165) is 0 Å². The first kappa shape index (κ1) is 9.35. The molecule has 1 atom stereocenters. The second kappa shape index (κ2) is 5.16. The van der Waals surface area contributed by atoms with Crippen LogP contribution in [0.3, 0.4) is 0 Å². The average molecular weight is 149 g/mol. The summed E-state index contributed by atoms with van der Waals surface area (Å²) < 4.78 is 4.46. The van der Waals surface area contributed by atoms with Crippen molar-refractivity contribution >= 4 is 5.97 Å². The van der Waals surface area contributed by atoms with Gasteiger partial charge in [-0.15, -0.1) is 0 Å². The van der Waals surface area contributed by atoms with E-state index in [0.29, 0.717) is 0 Å². The van der Waals surface area contributed by atoms with Crippen LogP contribution in [0, 0.1) is 0 Å². The number of nitrogens with two attached hydrogens (primary N) is 1. The number of aliphatic hydroxyl groups excluding tert-OH is 1. The smallest absolute Gasteiger partial charge is 0.303 e. The summed E-state index contributed by atoms with van der Waals surface area (Å²) in [5.74, 6) is -0.919. The van der Waals surface area contributed by atoms with Gasteiger partial charge in [0.1, 0.15) is 13.0 Å². The molecular formula is C5H11NO4. The van der Waals surface area contributed by atoms with Crippen molar-refractivity contribution < 1.29 is 19.7 Å². The SMILES string of the molecule is N[C@@H](CCC(=O)O)OCO. The van der Waals surface area contributed by atoms with Crippen LogP contribution in [0.2, 0.25) is 0 Å². The molecule has 0 spiro atoms. The van der Waals surface area contributed by atoms with Crippen LogP contribution in [0.1, 0.15) is 12.8 Å². The maximum Gasteiger partial charge on any atom is 0.303 e. The summed E-state index contributed by atoms with van der Waals surface area (Å²) in [5.41, 5.74) is 5.19. The fraction of sp³-hybridized carbons (Fsp3) is 0.800. The molecule has 5 nitrogen and oxygen atoms in total. The minimum absolute atomic E-state index is 0.0405. The topological polar surface area (TPSA) is 92.8 Å². The third kappa shape index (κ3) is 5.49. The van der Waals surface area contributed by atoms with Gasteiger partial charge in [0.2, 0.25) is 0 Å². The van der Waals surface area contributed by atoms with Gasteiger partial charge < -0.3 is 20.7 Å². The van der Waals surface area contributed by atoms with Crippen molar-refractivity contribution in [2.75, 3.05) is 6.79 Å². The lowest BCUT2D eigenvalue weighted by Crippen LogP contribution is -2.25. The van der Waals surface area contributed by atoms with Crippen molar-refractivity contribution in [3.05, 3.63) is 0 Å². The molecule has 0 unspecified atom stereocenters. The molecule has 0 saturated heterocycles. The Balaban J connectivity index is 3.21. The molecule has 0 rings (SSSR count).